The van der Waals surface area contributed by atoms with Crippen molar-refractivity contribution in [1.82, 2.24) is 9.29 Å². The van der Waals surface area contributed by atoms with E-state index in [1.165, 1.54) is 6.07 Å². The van der Waals surface area contributed by atoms with E-state index < -0.39 is 10.7 Å². The van der Waals surface area contributed by atoms with E-state index in [9.17, 15) is 10.1 Å². The van der Waals surface area contributed by atoms with Crippen molar-refractivity contribution < 1.29 is 4.92 Å². The number of aromatic nitrogens is 1. The number of anilines is 2. The summed E-state index contributed by atoms with van der Waals surface area (Å²) >= 11 is 7.09. The number of benzene rings is 1. The van der Waals surface area contributed by atoms with Crippen LogP contribution in [0.5, 0.6) is 0 Å². The van der Waals surface area contributed by atoms with Crippen LogP contribution in [0.1, 0.15) is 12.5 Å². The Labute approximate surface area is 214 Å². The molecule has 1 aromatic heterocycles. The first-order valence-corrected chi connectivity index (χ1v) is 14.1. The Kier molecular flexibility index (Phi) is 9.74. The van der Waals surface area contributed by atoms with Gasteiger partial charge >= 0.3 is 0 Å². The minimum atomic E-state index is -0.434. The molecule has 1 atom stereocenters. The molecule has 2 aromatic rings. The molecule has 0 amide bonds. The van der Waals surface area contributed by atoms with Gasteiger partial charge < -0.3 is 9.80 Å². The number of non-ortho nitro benzene ring substituents is 1. The van der Waals surface area contributed by atoms with E-state index in [0.29, 0.717) is 5.56 Å². The van der Waals surface area contributed by atoms with Crippen LogP contribution in [0.25, 0.3) is 0 Å². The summed E-state index contributed by atoms with van der Waals surface area (Å²) in [5.41, 5.74) is 2.68. The average Bonchev–Trinajstić information content (AvgIpc) is 2.85. The Hall–Kier alpha value is -1.93. The number of halogens is 2. The van der Waals surface area contributed by atoms with Crippen molar-refractivity contribution in [3.8, 4) is 12.3 Å². The van der Waals surface area contributed by atoms with E-state index >= 15 is 0 Å². The molecule has 0 radical (unpaired) electrons. The molecule has 0 spiro atoms. The van der Waals surface area contributed by atoms with Gasteiger partial charge in [0.1, 0.15) is 0 Å². The highest BCUT2D eigenvalue weighted by atomic mass is 79.9. The van der Waals surface area contributed by atoms with Crippen LogP contribution in [0.4, 0.5) is 17.1 Å². The highest BCUT2D eigenvalue weighted by Gasteiger charge is 2.26. The summed E-state index contributed by atoms with van der Waals surface area (Å²) in [6.45, 7) is 6.97. The minimum absolute atomic E-state index is 0.0362. The minimum Gasteiger partial charge on any atom is -0.369 e. The van der Waals surface area contributed by atoms with Crippen LogP contribution in [0.2, 0.25) is 0 Å². The van der Waals surface area contributed by atoms with Crippen molar-refractivity contribution in [2.75, 3.05) is 59.7 Å². The molecule has 7 nitrogen and oxygen atoms in total. The number of piperazine rings is 1. The maximum atomic E-state index is 11.7. The molecular weight excluding hydrogens is 570 g/mol. The quantitative estimate of drug-likeness (QED) is 0.137. The van der Waals surface area contributed by atoms with Gasteiger partial charge in [-0.1, -0.05) is 48.5 Å². The van der Waals surface area contributed by atoms with Crippen molar-refractivity contribution in [3.05, 3.63) is 52.3 Å². The molecule has 1 fully saturated rings. The Morgan fingerprint density at radius 1 is 1.21 bits per heavy atom. The summed E-state index contributed by atoms with van der Waals surface area (Å²) in [6.07, 6.45) is 9.49. The van der Waals surface area contributed by atoms with Gasteiger partial charge in [0.15, 0.2) is 0 Å². The Morgan fingerprint density at radius 3 is 2.36 bits per heavy atom. The van der Waals surface area contributed by atoms with Crippen LogP contribution in [0, 0.1) is 22.5 Å². The summed E-state index contributed by atoms with van der Waals surface area (Å²) in [5.74, 6) is 2.72. The highest BCUT2D eigenvalue weighted by Crippen LogP contribution is 2.43. The lowest BCUT2D eigenvalue weighted by molar-refractivity contribution is -0.385. The Morgan fingerprint density at radius 2 is 1.85 bits per heavy atom. The molecule has 1 aliphatic rings. The number of nitro groups is 1. The number of rotatable bonds is 9. The third-order valence-corrected chi connectivity index (χ3v) is 8.28. The molecule has 0 bridgehead atoms. The maximum absolute atomic E-state index is 11.7. The standard InChI is InChI=1S/C23H27Br2N5O2S/c1-3-19-17-21(30(31)32)18-22(23(19)28(11-7-24)12-8-25)33(4-2)29-15-13-27(14-16-29)20-5-9-26-10-6-20/h1,4-6,9-10,17-18H,7-8,11-16H2,2H3. The van der Waals surface area contributed by atoms with Crippen molar-refractivity contribution >= 4 is 65.0 Å². The largest absolute Gasteiger partial charge is 0.369 e. The van der Waals surface area contributed by atoms with Crippen molar-refractivity contribution in [1.29, 1.82) is 0 Å². The van der Waals surface area contributed by atoms with Crippen molar-refractivity contribution in [3.63, 3.8) is 0 Å². The molecule has 10 heteroatoms. The zero-order valence-electron chi connectivity index (χ0n) is 18.5. The van der Waals surface area contributed by atoms with Crippen molar-refractivity contribution in [2.45, 2.75) is 11.8 Å². The third-order valence-electron chi connectivity index (χ3n) is 5.44. The molecule has 176 valence electrons. The zero-order valence-corrected chi connectivity index (χ0v) is 22.5. The zero-order chi connectivity index (χ0) is 23.8. The number of nitro benzene ring substituents is 1. The Balaban J connectivity index is 2.00. The van der Waals surface area contributed by atoms with Gasteiger partial charge in [-0.2, -0.15) is 0 Å². The van der Waals surface area contributed by atoms with Gasteiger partial charge in [-0.15, -0.1) is 6.42 Å². The molecule has 1 unspecified atom stereocenters. The Bertz CT molecular complexity index is 1030. The summed E-state index contributed by atoms with van der Waals surface area (Å²) in [6, 6.07) is 7.28. The fourth-order valence-electron chi connectivity index (χ4n) is 3.95. The van der Waals surface area contributed by atoms with Gasteiger partial charge in [-0.25, -0.2) is 4.31 Å². The smallest absolute Gasteiger partial charge is 0.271 e. The van der Waals surface area contributed by atoms with Crippen LogP contribution in [0.3, 0.4) is 0 Å². The summed E-state index contributed by atoms with van der Waals surface area (Å²) in [7, 11) is -0.434. The third kappa shape index (κ3) is 6.15. The monoisotopic (exact) mass is 595 g/mol. The normalized spacial score (nSPS) is 15.3. The number of pyridine rings is 1. The number of terminal acetylenes is 1. The van der Waals surface area contributed by atoms with Gasteiger partial charge in [-0.3, -0.25) is 15.1 Å². The van der Waals surface area contributed by atoms with Crippen LogP contribution >= 0.6 is 42.5 Å². The van der Waals surface area contributed by atoms with E-state index in [0.717, 1.165) is 66.2 Å². The summed E-state index contributed by atoms with van der Waals surface area (Å²) < 4.78 is 2.40. The van der Waals surface area contributed by atoms with Gasteiger partial charge in [0, 0.05) is 85.0 Å². The summed E-state index contributed by atoms with van der Waals surface area (Å²) in [4.78, 5) is 20.9. The lowest BCUT2D eigenvalue weighted by Gasteiger charge is -2.38. The lowest BCUT2D eigenvalue weighted by atomic mass is 10.1. The number of alkyl halides is 2. The second kappa shape index (κ2) is 12.5. The van der Waals surface area contributed by atoms with Gasteiger partial charge in [-0.05, 0) is 24.4 Å². The van der Waals surface area contributed by atoms with Crippen LogP contribution in [0.15, 0.2) is 41.6 Å². The maximum Gasteiger partial charge on any atom is 0.271 e. The summed E-state index contributed by atoms with van der Waals surface area (Å²) in [5, 5.41) is 15.4. The molecular formula is C23H27Br2N5O2S. The lowest BCUT2D eigenvalue weighted by Crippen LogP contribution is -2.44. The molecule has 0 aliphatic carbocycles. The van der Waals surface area contributed by atoms with Crippen LogP contribution in [-0.2, 0) is 0 Å². The van der Waals surface area contributed by atoms with E-state index in [1.807, 2.05) is 31.5 Å². The SMILES string of the molecule is C#Cc1cc([N+](=O)[O-])cc(/S(=C\C)N2CCN(c3ccncc3)CC2)c1N(CCBr)CCBr. The second-order valence-electron chi connectivity index (χ2n) is 7.28. The fraction of sp³-hybridized carbons (Fsp3) is 0.391. The second-order valence-corrected chi connectivity index (χ2v) is 10.9. The van der Waals surface area contributed by atoms with E-state index in [4.69, 9.17) is 6.42 Å². The van der Waals surface area contributed by atoms with Gasteiger partial charge in [0.25, 0.3) is 5.69 Å². The molecule has 1 saturated heterocycles. The molecule has 0 N–H and O–H groups in total. The van der Waals surface area contributed by atoms with Crippen LogP contribution in [-0.4, -0.2) is 69.5 Å². The first kappa shape index (κ1) is 25.7. The molecule has 1 aromatic carbocycles. The molecule has 0 saturated carbocycles. The van der Waals surface area contributed by atoms with Gasteiger partial charge in [0.05, 0.1) is 16.2 Å². The molecule has 33 heavy (non-hydrogen) atoms. The predicted molar refractivity (Wildman–Crippen MR) is 146 cm³/mol. The topological polar surface area (TPSA) is 65.8 Å². The van der Waals surface area contributed by atoms with Crippen LogP contribution < -0.4 is 9.80 Å². The van der Waals surface area contributed by atoms with E-state index in [1.54, 1.807) is 6.07 Å². The average molecular weight is 597 g/mol. The highest BCUT2D eigenvalue weighted by molar-refractivity contribution is 9.09. The number of hydrogen-bond donors (Lipinski definition) is 0. The van der Waals surface area contributed by atoms with Crippen molar-refractivity contribution in [2.24, 2.45) is 0 Å². The van der Waals surface area contributed by atoms with E-state index in [2.05, 4.69) is 62.2 Å². The first-order chi connectivity index (χ1) is 16.0. The molecule has 3 rings (SSSR count). The van der Waals surface area contributed by atoms with Gasteiger partial charge in [0.2, 0.25) is 0 Å². The van der Waals surface area contributed by atoms with E-state index in [-0.39, 0.29) is 10.6 Å². The predicted octanol–water partition coefficient (Wildman–Crippen LogP) is 4.75. The number of nitrogens with zero attached hydrogens (tertiary/aromatic N) is 5. The number of hydrogen-bond acceptors (Lipinski definition) is 6. The first-order valence-electron chi connectivity index (χ1n) is 10.6. The molecule has 2 heterocycles. The molecule has 1 aliphatic heterocycles. The fourth-order valence-corrected chi connectivity index (χ4v) is 6.87.